The average Bonchev–Trinajstić information content (AvgIpc) is 3.28. The molecule has 0 unspecified atom stereocenters. The molecule has 0 aromatic heterocycles. The Morgan fingerprint density at radius 2 is 1.52 bits per heavy atom. The van der Waals surface area contributed by atoms with Gasteiger partial charge in [0.25, 0.3) is 0 Å². The Bertz CT molecular complexity index is 1740. The number of rotatable bonds is 6. The molecule has 8 heteroatoms. The highest BCUT2D eigenvalue weighted by atomic mass is 35.5. The Morgan fingerprint density at radius 3 is 2.19 bits per heavy atom. The highest BCUT2D eigenvalue weighted by molar-refractivity contribution is 6.30. The normalized spacial score (nSPS) is 23.5. The fraction of sp³-hybridized carbons (Fsp3) is 0.176. The predicted molar refractivity (Wildman–Crippen MR) is 160 cm³/mol. The van der Waals surface area contributed by atoms with Crippen LogP contribution in [0.2, 0.25) is 5.02 Å². The zero-order chi connectivity index (χ0) is 29.0. The molecule has 1 aliphatic heterocycles. The first-order valence-corrected chi connectivity index (χ1v) is 14.1. The van der Waals surface area contributed by atoms with E-state index in [-0.39, 0.29) is 30.1 Å². The summed E-state index contributed by atoms with van der Waals surface area (Å²) >= 11 is 5.98. The quantitative estimate of drug-likeness (QED) is 0.193. The molecule has 1 fully saturated rings. The van der Waals surface area contributed by atoms with E-state index in [1.807, 2.05) is 48.5 Å². The number of carbonyl (C=O) groups excluding carboxylic acids is 3. The third kappa shape index (κ3) is 3.73. The van der Waals surface area contributed by atoms with E-state index in [1.165, 1.54) is 12.0 Å². The molecule has 208 valence electrons. The van der Waals surface area contributed by atoms with Crippen LogP contribution in [0.25, 0.3) is 0 Å². The second kappa shape index (κ2) is 9.96. The van der Waals surface area contributed by atoms with E-state index in [4.69, 9.17) is 16.3 Å². The lowest BCUT2D eigenvalue weighted by atomic mass is 9.47. The number of ether oxygens (including phenoxy) is 1. The maximum Gasteiger partial charge on any atom is 0.244 e. The Balaban J connectivity index is 1.35. The number of imide groups is 1. The van der Waals surface area contributed by atoms with Gasteiger partial charge in [-0.25, -0.2) is 10.3 Å². The van der Waals surface area contributed by atoms with E-state index in [0.29, 0.717) is 16.5 Å². The van der Waals surface area contributed by atoms with Crippen molar-refractivity contribution in [3.63, 3.8) is 0 Å². The summed E-state index contributed by atoms with van der Waals surface area (Å²) in [6.45, 7) is 0. The first-order valence-electron chi connectivity index (χ1n) is 13.7. The van der Waals surface area contributed by atoms with E-state index in [1.54, 1.807) is 54.7 Å². The lowest BCUT2D eigenvalue weighted by Crippen LogP contribution is -2.54. The molecular formula is C34H26ClN3O4. The monoisotopic (exact) mass is 575 g/mol. The minimum atomic E-state index is -1.08. The lowest BCUT2D eigenvalue weighted by Gasteiger charge is -2.52. The van der Waals surface area contributed by atoms with E-state index in [2.05, 4.69) is 10.5 Å². The minimum Gasteiger partial charge on any atom is -0.495 e. The standard InChI is InChI=1S/C34H26ClN3O4/c1-42-27-13-7-6-12-26(27)38-32(40)30-29-22-8-2-4-10-24(22)34(31(30)33(38)41,25-11-5-3-9-23(25)29)19-36-37-28(39)18-20-14-16-21(35)17-15-20/h2-17,19,29-31H,18H2,1H3,(H,37,39)/b36-19-/t29?,30-,31-,34?/m0/s1. The molecule has 4 aromatic rings. The summed E-state index contributed by atoms with van der Waals surface area (Å²) in [6.07, 6.45) is 1.77. The van der Waals surface area contributed by atoms with Gasteiger partial charge in [-0.05, 0) is 52.1 Å². The van der Waals surface area contributed by atoms with E-state index in [0.717, 1.165) is 27.8 Å². The van der Waals surface area contributed by atoms with Crippen molar-refractivity contribution in [2.24, 2.45) is 16.9 Å². The van der Waals surface area contributed by atoms with Gasteiger partial charge in [-0.1, -0.05) is 84.4 Å². The maximum atomic E-state index is 14.5. The molecule has 1 heterocycles. The third-order valence-electron chi connectivity index (χ3n) is 8.75. The number of nitrogens with zero attached hydrogens (tertiary/aromatic N) is 2. The van der Waals surface area contributed by atoms with Crippen LogP contribution in [0.5, 0.6) is 5.75 Å². The van der Waals surface area contributed by atoms with Crippen LogP contribution >= 0.6 is 11.6 Å². The zero-order valence-electron chi connectivity index (χ0n) is 22.7. The molecule has 0 spiro atoms. The van der Waals surface area contributed by atoms with Crippen molar-refractivity contribution < 1.29 is 19.1 Å². The van der Waals surface area contributed by atoms with Crippen molar-refractivity contribution >= 4 is 41.2 Å². The minimum absolute atomic E-state index is 0.113. The van der Waals surface area contributed by atoms with Gasteiger partial charge in [0.15, 0.2) is 0 Å². The Kier molecular flexibility index (Phi) is 6.21. The first kappa shape index (κ1) is 26.2. The van der Waals surface area contributed by atoms with E-state index >= 15 is 0 Å². The molecule has 8 rings (SSSR count). The Morgan fingerprint density at radius 1 is 0.905 bits per heavy atom. The molecule has 2 bridgehead atoms. The van der Waals surface area contributed by atoms with Crippen LogP contribution < -0.4 is 15.1 Å². The maximum absolute atomic E-state index is 14.5. The largest absolute Gasteiger partial charge is 0.495 e. The molecule has 2 atom stereocenters. The van der Waals surface area contributed by atoms with Crippen LogP contribution in [0.3, 0.4) is 0 Å². The molecule has 0 radical (unpaired) electrons. The van der Waals surface area contributed by atoms with Gasteiger partial charge in [0, 0.05) is 17.2 Å². The summed E-state index contributed by atoms with van der Waals surface area (Å²) in [6, 6.07) is 29.9. The number of hydrogen-bond donors (Lipinski definition) is 1. The predicted octanol–water partition coefficient (Wildman–Crippen LogP) is 5.24. The number of nitrogens with one attached hydrogen (secondary N) is 1. The van der Waals surface area contributed by atoms with Gasteiger partial charge in [0.2, 0.25) is 17.7 Å². The van der Waals surface area contributed by atoms with Gasteiger partial charge >= 0.3 is 0 Å². The van der Waals surface area contributed by atoms with Crippen molar-refractivity contribution in [3.8, 4) is 5.75 Å². The van der Waals surface area contributed by atoms with Crippen LogP contribution in [-0.4, -0.2) is 31.0 Å². The molecular weight excluding hydrogens is 550 g/mol. The highest BCUT2D eigenvalue weighted by Gasteiger charge is 2.68. The van der Waals surface area contributed by atoms with Crippen LogP contribution in [0.1, 0.15) is 33.7 Å². The second-order valence-corrected chi connectivity index (χ2v) is 11.2. The number of halogens is 1. The number of hydrogen-bond acceptors (Lipinski definition) is 5. The third-order valence-corrected chi connectivity index (χ3v) is 9.00. The second-order valence-electron chi connectivity index (χ2n) is 10.8. The fourth-order valence-electron chi connectivity index (χ4n) is 7.13. The van der Waals surface area contributed by atoms with Crippen molar-refractivity contribution in [1.29, 1.82) is 0 Å². The summed E-state index contributed by atoms with van der Waals surface area (Å²) in [7, 11) is 1.52. The molecule has 4 aliphatic rings. The van der Waals surface area contributed by atoms with Crippen molar-refractivity contribution in [1.82, 2.24) is 5.43 Å². The van der Waals surface area contributed by atoms with Gasteiger partial charge in [-0.15, -0.1) is 0 Å². The number of carbonyl (C=O) groups is 3. The highest BCUT2D eigenvalue weighted by Crippen LogP contribution is 2.63. The Labute approximate surface area is 247 Å². The molecule has 7 nitrogen and oxygen atoms in total. The summed E-state index contributed by atoms with van der Waals surface area (Å²) in [5.74, 6) is -2.16. The molecule has 3 aliphatic carbocycles. The van der Waals surface area contributed by atoms with Gasteiger partial charge in [0.1, 0.15) is 5.75 Å². The molecule has 3 amide bonds. The summed E-state index contributed by atoms with van der Waals surface area (Å²) < 4.78 is 5.55. The molecule has 1 saturated heterocycles. The van der Waals surface area contributed by atoms with Crippen LogP contribution in [0.4, 0.5) is 5.69 Å². The smallest absolute Gasteiger partial charge is 0.244 e. The fourth-order valence-corrected chi connectivity index (χ4v) is 7.26. The van der Waals surface area contributed by atoms with Crippen molar-refractivity contribution in [2.75, 3.05) is 12.0 Å². The van der Waals surface area contributed by atoms with Gasteiger partial charge in [-0.3, -0.25) is 14.4 Å². The van der Waals surface area contributed by atoms with Gasteiger partial charge in [-0.2, -0.15) is 5.10 Å². The van der Waals surface area contributed by atoms with Crippen LogP contribution in [0, 0.1) is 11.8 Å². The molecule has 4 aromatic carbocycles. The number of amides is 3. The average molecular weight is 576 g/mol. The van der Waals surface area contributed by atoms with Crippen molar-refractivity contribution in [2.45, 2.75) is 17.8 Å². The molecule has 0 saturated carbocycles. The number of methoxy groups -OCH3 is 1. The summed E-state index contributed by atoms with van der Waals surface area (Å²) in [5, 5.41) is 5.06. The molecule has 1 N–H and O–H groups in total. The number of hydrazone groups is 1. The first-order chi connectivity index (χ1) is 20.5. The number of para-hydroxylation sites is 2. The molecule has 42 heavy (non-hydrogen) atoms. The van der Waals surface area contributed by atoms with Crippen LogP contribution in [-0.2, 0) is 26.2 Å². The van der Waals surface area contributed by atoms with E-state index in [9.17, 15) is 14.4 Å². The topological polar surface area (TPSA) is 88.1 Å². The number of benzene rings is 4. The lowest BCUT2D eigenvalue weighted by molar-refractivity contribution is -0.123. The summed E-state index contributed by atoms with van der Waals surface area (Å²) in [5.41, 5.74) is 6.59. The van der Waals surface area contributed by atoms with Crippen LogP contribution in [0.15, 0.2) is 102 Å². The van der Waals surface area contributed by atoms with Gasteiger partial charge in [0.05, 0.1) is 36.5 Å². The SMILES string of the molecule is COc1ccccc1N1C(=O)[C@@H]2[C@@H](C1=O)C1c3ccccc3C2(/C=N\NC(=O)Cc2ccc(Cl)cc2)c2ccccc21. The van der Waals surface area contributed by atoms with Crippen molar-refractivity contribution in [3.05, 3.63) is 130 Å². The Hall–Kier alpha value is -4.75. The summed E-state index contributed by atoms with van der Waals surface area (Å²) in [4.78, 5) is 43.0. The number of anilines is 1. The van der Waals surface area contributed by atoms with Gasteiger partial charge < -0.3 is 4.74 Å². The zero-order valence-corrected chi connectivity index (χ0v) is 23.4. The van der Waals surface area contributed by atoms with E-state index < -0.39 is 17.3 Å².